The van der Waals surface area contributed by atoms with Gasteiger partial charge in [0.1, 0.15) is 5.52 Å². The zero-order valence-electron chi connectivity index (χ0n) is 17.5. The highest BCUT2D eigenvalue weighted by Crippen LogP contribution is 2.34. The predicted molar refractivity (Wildman–Crippen MR) is 115 cm³/mol. The molecular formula is C22H25FN6O2. The summed E-state index contributed by atoms with van der Waals surface area (Å²) in [6, 6.07) is 3.53. The zero-order valence-corrected chi connectivity index (χ0v) is 17.5. The lowest BCUT2D eigenvalue weighted by molar-refractivity contribution is -0.00199. The SMILES string of the molecule is CCC1(O)CCC(Nc2nc(OC)c3c(-c4cc(F)c5nccn5c4)ccn3n2)CC1. The van der Waals surface area contributed by atoms with Crippen molar-refractivity contribution in [1.82, 2.24) is 24.0 Å². The average molecular weight is 424 g/mol. The fourth-order valence-corrected chi connectivity index (χ4v) is 4.40. The second-order valence-electron chi connectivity index (χ2n) is 8.20. The number of imidazole rings is 1. The molecule has 8 nitrogen and oxygen atoms in total. The van der Waals surface area contributed by atoms with E-state index in [0.717, 1.165) is 37.7 Å². The molecule has 31 heavy (non-hydrogen) atoms. The number of methoxy groups -OCH3 is 1. The maximum absolute atomic E-state index is 14.5. The minimum absolute atomic E-state index is 0.196. The molecule has 9 heteroatoms. The molecule has 1 aliphatic carbocycles. The Morgan fingerprint density at radius 3 is 2.87 bits per heavy atom. The van der Waals surface area contributed by atoms with E-state index in [2.05, 4.69) is 20.4 Å². The number of hydrogen-bond donors (Lipinski definition) is 2. The van der Waals surface area contributed by atoms with Crippen molar-refractivity contribution in [2.75, 3.05) is 12.4 Å². The molecule has 2 N–H and O–H groups in total. The Kier molecular flexibility index (Phi) is 4.77. The number of aliphatic hydroxyl groups is 1. The topological polar surface area (TPSA) is 89.0 Å². The van der Waals surface area contributed by atoms with Crippen molar-refractivity contribution in [2.24, 2.45) is 0 Å². The minimum Gasteiger partial charge on any atom is -0.479 e. The third-order valence-corrected chi connectivity index (χ3v) is 6.33. The Morgan fingerprint density at radius 2 is 2.13 bits per heavy atom. The average Bonchev–Trinajstić information content (AvgIpc) is 3.42. The largest absolute Gasteiger partial charge is 0.479 e. The molecule has 0 aromatic carbocycles. The first-order valence-electron chi connectivity index (χ1n) is 10.5. The van der Waals surface area contributed by atoms with E-state index in [1.54, 1.807) is 28.4 Å². The van der Waals surface area contributed by atoms with Crippen LogP contribution in [-0.2, 0) is 0 Å². The van der Waals surface area contributed by atoms with Crippen molar-refractivity contribution < 1.29 is 14.2 Å². The van der Waals surface area contributed by atoms with E-state index in [-0.39, 0.29) is 11.7 Å². The molecule has 0 unspecified atom stereocenters. The first kappa shape index (κ1) is 19.7. The molecule has 0 amide bonds. The molecule has 4 aromatic rings. The van der Waals surface area contributed by atoms with Crippen molar-refractivity contribution in [1.29, 1.82) is 0 Å². The number of aromatic nitrogens is 5. The molecule has 0 aliphatic heterocycles. The summed E-state index contributed by atoms with van der Waals surface area (Å²) >= 11 is 0. The molecule has 1 fully saturated rings. The molecule has 1 saturated carbocycles. The Hall–Kier alpha value is -3.20. The van der Waals surface area contributed by atoms with E-state index in [0.29, 0.717) is 22.9 Å². The molecule has 0 bridgehead atoms. The highest BCUT2D eigenvalue weighted by molar-refractivity contribution is 5.84. The van der Waals surface area contributed by atoms with Crippen LogP contribution in [0.5, 0.6) is 5.88 Å². The van der Waals surface area contributed by atoms with Crippen molar-refractivity contribution >= 4 is 17.1 Å². The molecule has 1 aliphatic rings. The summed E-state index contributed by atoms with van der Waals surface area (Å²) in [5.41, 5.74) is 1.84. The van der Waals surface area contributed by atoms with E-state index in [4.69, 9.17) is 4.74 Å². The predicted octanol–water partition coefficient (Wildman–Crippen LogP) is 3.69. The Balaban J connectivity index is 1.48. The molecule has 0 radical (unpaired) electrons. The lowest BCUT2D eigenvalue weighted by atomic mass is 9.80. The number of pyridine rings is 1. The molecule has 4 aromatic heterocycles. The number of anilines is 1. The summed E-state index contributed by atoms with van der Waals surface area (Å²) in [6.45, 7) is 2.02. The number of rotatable bonds is 5. The summed E-state index contributed by atoms with van der Waals surface area (Å²) in [5, 5.41) is 18.4. The fraction of sp³-hybridized carbons (Fsp3) is 0.409. The van der Waals surface area contributed by atoms with Gasteiger partial charge in [-0.15, -0.1) is 5.10 Å². The zero-order chi connectivity index (χ0) is 21.6. The lowest BCUT2D eigenvalue weighted by Gasteiger charge is -2.35. The van der Waals surface area contributed by atoms with Crippen LogP contribution in [0.25, 0.3) is 22.3 Å². The lowest BCUT2D eigenvalue weighted by Crippen LogP contribution is -2.38. The highest BCUT2D eigenvalue weighted by Gasteiger charge is 2.31. The van der Waals surface area contributed by atoms with Crippen molar-refractivity contribution in [2.45, 2.75) is 50.7 Å². The highest BCUT2D eigenvalue weighted by atomic mass is 19.1. The van der Waals surface area contributed by atoms with Gasteiger partial charge in [0.2, 0.25) is 11.8 Å². The summed E-state index contributed by atoms with van der Waals surface area (Å²) in [4.78, 5) is 8.59. The quantitative estimate of drug-likeness (QED) is 0.508. The monoisotopic (exact) mass is 424 g/mol. The molecule has 0 spiro atoms. The van der Waals surface area contributed by atoms with Gasteiger partial charge in [0.25, 0.3) is 0 Å². The van der Waals surface area contributed by atoms with Crippen LogP contribution in [0.1, 0.15) is 39.0 Å². The van der Waals surface area contributed by atoms with Gasteiger partial charge < -0.3 is 19.6 Å². The Labute approximate surface area is 178 Å². The first-order valence-corrected chi connectivity index (χ1v) is 10.5. The smallest absolute Gasteiger partial charge is 0.244 e. The second kappa shape index (κ2) is 7.49. The van der Waals surface area contributed by atoms with Crippen LogP contribution in [-0.4, -0.2) is 47.8 Å². The molecule has 5 rings (SSSR count). The van der Waals surface area contributed by atoms with Crippen molar-refractivity contribution in [3.8, 4) is 17.0 Å². The van der Waals surface area contributed by atoms with Crippen LogP contribution >= 0.6 is 0 Å². The molecule has 0 atom stereocenters. The van der Waals surface area contributed by atoms with Crippen molar-refractivity contribution in [3.05, 3.63) is 42.7 Å². The number of ether oxygens (including phenoxy) is 1. The van der Waals surface area contributed by atoms with E-state index >= 15 is 0 Å². The number of fused-ring (bicyclic) bond motifs is 2. The Bertz CT molecular complexity index is 1240. The summed E-state index contributed by atoms with van der Waals surface area (Å²) in [6.07, 6.45) is 10.9. The van der Waals surface area contributed by atoms with Crippen LogP contribution in [0.15, 0.2) is 36.9 Å². The standard InChI is InChI=1S/C22H25FN6O2/c1-3-22(30)7-4-15(5-8-22)25-21-26-20(31-2)18-16(6-10-29(18)27-21)14-12-17(23)19-24-9-11-28(19)13-14/h6,9-13,15,30H,3-5,7-8H2,1-2H3,(H,25,27). The molecule has 0 saturated heterocycles. The van der Waals surface area contributed by atoms with E-state index < -0.39 is 11.4 Å². The van der Waals surface area contributed by atoms with Crippen LogP contribution in [0.2, 0.25) is 0 Å². The fourth-order valence-electron chi connectivity index (χ4n) is 4.40. The third kappa shape index (κ3) is 3.48. The molecule has 162 valence electrons. The van der Waals surface area contributed by atoms with Crippen LogP contribution in [0.3, 0.4) is 0 Å². The van der Waals surface area contributed by atoms with Crippen LogP contribution in [0.4, 0.5) is 10.3 Å². The Morgan fingerprint density at radius 1 is 1.32 bits per heavy atom. The van der Waals surface area contributed by atoms with Crippen LogP contribution in [0, 0.1) is 5.82 Å². The normalized spacial score (nSPS) is 21.6. The number of halogens is 1. The summed E-state index contributed by atoms with van der Waals surface area (Å²) < 4.78 is 23.4. The van der Waals surface area contributed by atoms with Gasteiger partial charge in [0.15, 0.2) is 11.5 Å². The van der Waals surface area contributed by atoms with Gasteiger partial charge in [-0.3, -0.25) is 0 Å². The van der Waals surface area contributed by atoms with E-state index in [1.165, 1.54) is 6.07 Å². The van der Waals surface area contributed by atoms with E-state index in [1.807, 2.05) is 25.4 Å². The van der Waals surface area contributed by atoms with Gasteiger partial charge >= 0.3 is 0 Å². The van der Waals surface area contributed by atoms with Gasteiger partial charge in [-0.1, -0.05) is 6.92 Å². The van der Waals surface area contributed by atoms with E-state index in [9.17, 15) is 9.50 Å². The first-order chi connectivity index (χ1) is 15.0. The summed E-state index contributed by atoms with van der Waals surface area (Å²) in [5.74, 6) is 0.476. The summed E-state index contributed by atoms with van der Waals surface area (Å²) in [7, 11) is 1.56. The van der Waals surface area contributed by atoms with Gasteiger partial charge in [-0.05, 0) is 44.2 Å². The maximum atomic E-state index is 14.5. The van der Waals surface area contributed by atoms with Gasteiger partial charge in [0.05, 0.1) is 12.7 Å². The second-order valence-corrected chi connectivity index (χ2v) is 8.20. The maximum Gasteiger partial charge on any atom is 0.244 e. The third-order valence-electron chi connectivity index (χ3n) is 6.33. The number of nitrogens with zero attached hydrogens (tertiary/aromatic N) is 5. The molecule has 4 heterocycles. The van der Waals surface area contributed by atoms with Gasteiger partial charge in [-0.25, -0.2) is 13.9 Å². The molecular weight excluding hydrogens is 399 g/mol. The minimum atomic E-state index is -0.554. The number of nitrogens with one attached hydrogen (secondary N) is 1. The van der Waals surface area contributed by atoms with Crippen LogP contribution < -0.4 is 10.1 Å². The van der Waals surface area contributed by atoms with Gasteiger partial charge in [-0.2, -0.15) is 4.98 Å². The number of hydrogen-bond acceptors (Lipinski definition) is 6. The van der Waals surface area contributed by atoms with Gasteiger partial charge in [0, 0.05) is 42.0 Å². The van der Waals surface area contributed by atoms with Crippen molar-refractivity contribution in [3.63, 3.8) is 0 Å².